The summed E-state index contributed by atoms with van der Waals surface area (Å²) in [4.78, 5) is 21.9. The first-order valence-corrected chi connectivity index (χ1v) is 5.23. The van der Waals surface area contributed by atoms with Gasteiger partial charge in [0.1, 0.15) is 5.82 Å². The number of carboxylic acid groups (broad SMARTS) is 1. The summed E-state index contributed by atoms with van der Waals surface area (Å²) in [6, 6.07) is 2.71. The number of amides is 2. The Bertz CT molecular complexity index is 474. The maximum absolute atomic E-state index is 13.4. The zero-order chi connectivity index (χ0) is 13.5. The second-order valence-electron chi connectivity index (χ2n) is 3.46. The molecule has 0 fully saturated rings. The van der Waals surface area contributed by atoms with Crippen molar-refractivity contribution in [1.29, 1.82) is 0 Å². The highest BCUT2D eigenvalue weighted by atomic mass is 19.1. The van der Waals surface area contributed by atoms with Gasteiger partial charge in [-0.1, -0.05) is 6.08 Å². The third-order valence-electron chi connectivity index (χ3n) is 2.10. The van der Waals surface area contributed by atoms with Crippen LogP contribution in [0.5, 0.6) is 0 Å². The van der Waals surface area contributed by atoms with Crippen LogP contribution in [0.3, 0.4) is 0 Å². The van der Waals surface area contributed by atoms with Gasteiger partial charge in [0.25, 0.3) is 0 Å². The zero-order valence-corrected chi connectivity index (χ0v) is 9.57. The minimum Gasteiger partial charge on any atom is -0.478 e. The topological polar surface area (TPSA) is 78.4 Å². The number of carbonyl (C=O) groups excluding carboxylic acids is 1. The molecule has 5 nitrogen and oxygen atoms in total. The lowest BCUT2D eigenvalue weighted by molar-refractivity contribution is 0.0696. The van der Waals surface area contributed by atoms with Crippen LogP contribution in [0.15, 0.2) is 30.9 Å². The largest absolute Gasteiger partial charge is 0.478 e. The van der Waals surface area contributed by atoms with Gasteiger partial charge in [-0.2, -0.15) is 0 Å². The van der Waals surface area contributed by atoms with Crippen molar-refractivity contribution in [3.8, 4) is 0 Å². The second-order valence-corrected chi connectivity index (χ2v) is 3.46. The molecule has 3 N–H and O–H groups in total. The van der Waals surface area contributed by atoms with E-state index in [2.05, 4.69) is 17.2 Å². The fourth-order valence-electron chi connectivity index (χ4n) is 1.20. The molecule has 0 bridgehead atoms. The monoisotopic (exact) mass is 252 g/mol. The van der Waals surface area contributed by atoms with Gasteiger partial charge in [0.2, 0.25) is 0 Å². The van der Waals surface area contributed by atoms with E-state index in [1.54, 1.807) is 6.08 Å². The molecule has 1 aromatic carbocycles. The first-order chi connectivity index (χ1) is 8.54. The summed E-state index contributed by atoms with van der Waals surface area (Å²) in [5.74, 6) is -2.02. The molecular weight excluding hydrogens is 239 g/mol. The van der Waals surface area contributed by atoms with Gasteiger partial charge in [-0.15, -0.1) is 6.58 Å². The molecule has 0 saturated heterocycles. The van der Waals surface area contributed by atoms with Crippen molar-refractivity contribution < 1.29 is 19.1 Å². The molecule has 0 spiro atoms. The van der Waals surface area contributed by atoms with Crippen molar-refractivity contribution in [2.45, 2.75) is 6.42 Å². The highest BCUT2D eigenvalue weighted by Crippen LogP contribution is 2.15. The van der Waals surface area contributed by atoms with Crippen molar-refractivity contribution >= 4 is 17.7 Å². The van der Waals surface area contributed by atoms with E-state index in [0.717, 1.165) is 6.07 Å². The van der Waals surface area contributed by atoms with Crippen molar-refractivity contribution in [1.82, 2.24) is 5.32 Å². The maximum atomic E-state index is 13.4. The van der Waals surface area contributed by atoms with Crippen molar-refractivity contribution in [2.75, 3.05) is 11.9 Å². The van der Waals surface area contributed by atoms with E-state index in [1.165, 1.54) is 12.1 Å². The molecule has 0 unspecified atom stereocenters. The smallest absolute Gasteiger partial charge is 0.335 e. The Hall–Kier alpha value is -2.37. The van der Waals surface area contributed by atoms with Gasteiger partial charge in [-0.3, -0.25) is 0 Å². The van der Waals surface area contributed by atoms with Gasteiger partial charge >= 0.3 is 12.0 Å². The number of hydrogen-bond acceptors (Lipinski definition) is 2. The third kappa shape index (κ3) is 3.89. The van der Waals surface area contributed by atoms with E-state index in [1.807, 2.05) is 0 Å². The molecule has 0 atom stereocenters. The molecule has 0 radical (unpaired) electrons. The number of benzene rings is 1. The third-order valence-corrected chi connectivity index (χ3v) is 2.10. The number of hydrogen-bond donors (Lipinski definition) is 3. The van der Waals surface area contributed by atoms with Crippen LogP contribution in [0.4, 0.5) is 14.9 Å². The average Bonchev–Trinajstić information content (AvgIpc) is 2.32. The van der Waals surface area contributed by atoms with Crippen LogP contribution >= 0.6 is 0 Å². The van der Waals surface area contributed by atoms with Gasteiger partial charge in [-0.05, 0) is 24.6 Å². The molecular formula is C12H13FN2O3. The number of halogens is 1. The molecule has 0 aliphatic rings. The van der Waals surface area contributed by atoms with Crippen LogP contribution in [-0.2, 0) is 0 Å². The highest BCUT2D eigenvalue weighted by molar-refractivity contribution is 5.91. The number of carboxylic acids is 1. The predicted octanol–water partition coefficient (Wildman–Crippen LogP) is 2.22. The number of rotatable bonds is 5. The van der Waals surface area contributed by atoms with Crippen LogP contribution in [0.1, 0.15) is 16.8 Å². The van der Waals surface area contributed by atoms with E-state index < -0.39 is 17.8 Å². The minimum atomic E-state index is -1.23. The summed E-state index contributed by atoms with van der Waals surface area (Å²) in [5.41, 5.74) is -0.249. The molecule has 0 heterocycles. The van der Waals surface area contributed by atoms with Gasteiger partial charge in [0.05, 0.1) is 11.3 Å². The SMILES string of the molecule is C=CCCNC(=O)Nc1ccc(C(=O)O)cc1F. The van der Waals surface area contributed by atoms with Crippen LogP contribution < -0.4 is 10.6 Å². The first-order valence-electron chi connectivity index (χ1n) is 5.23. The quantitative estimate of drug-likeness (QED) is 0.555. The molecule has 0 aliphatic heterocycles. The van der Waals surface area contributed by atoms with Gasteiger partial charge in [0.15, 0.2) is 0 Å². The summed E-state index contributed by atoms with van der Waals surface area (Å²) in [6.45, 7) is 3.89. The number of urea groups is 1. The van der Waals surface area contributed by atoms with Crippen molar-refractivity contribution in [3.63, 3.8) is 0 Å². The zero-order valence-electron chi connectivity index (χ0n) is 9.57. The maximum Gasteiger partial charge on any atom is 0.335 e. The molecule has 6 heteroatoms. The molecule has 0 aliphatic carbocycles. The Kier molecular flexibility index (Phi) is 4.86. The molecule has 2 amide bonds. The summed E-state index contributed by atoms with van der Waals surface area (Å²) >= 11 is 0. The lowest BCUT2D eigenvalue weighted by atomic mass is 10.2. The van der Waals surface area contributed by atoms with E-state index in [4.69, 9.17) is 5.11 Å². The van der Waals surface area contributed by atoms with Gasteiger partial charge < -0.3 is 15.7 Å². The van der Waals surface area contributed by atoms with Crippen LogP contribution in [0, 0.1) is 5.82 Å². The number of carbonyl (C=O) groups is 2. The molecule has 96 valence electrons. The Morgan fingerprint density at radius 2 is 2.17 bits per heavy atom. The van der Waals surface area contributed by atoms with Crippen LogP contribution in [0.25, 0.3) is 0 Å². The van der Waals surface area contributed by atoms with Gasteiger partial charge in [0, 0.05) is 6.54 Å². The number of nitrogens with one attached hydrogen (secondary N) is 2. The van der Waals surface area contributed by atoms with Crippen LogP contribution in [-0.4, -0.2) is 23.7 Å². The lowest BCUT2D eigenvalue weighted by Gasteiger charge is -2.08. The Morgan fingerprint density at radius 1 is 1.44 bits per heavy atom. The summed E-state index contributed by atoms with van der Waals surface area (Å²) < 4.78 is 13.4. The number of aromatic carboxylic acids is 1. The van der Waals surface area contributed by atoms with E-state index >= 15 is 0 Å². The van der Waals surface area contributed by atoms with Crippen LogP contribution in [0.2, 0.25) is 0 Å². The summed E-state index contributed by atoms with van der Waals surface area (Å²) in [7, 11) is 0. The molecule has 0 aromatic heterocycles. The molecule has 0 saturated carbocycles. The summed E-state index contributed by atoms with van der Waals surface area (Å²) in [5, 5.41) is 13.4. The second kappa shape index (κ2) is 6.39. The van der Waals surface area contributed by atoms with E-state index in [-0.39, 0.29) is 11.3 Å². The lowest BCUT2D eigenvalue weighted by Crippen LogP contribution is -2.29. The fraction of sp³-hybridized carbons (Fsp3) is 0.167. The average molecular weight is 252 g/mol. The van der Waals surface area contributed by atoms with E-state index in [9.17, 15) is 14.0 Å². The predicted molar refractivity (Wildman–Crippen MR) is 65.2 cm³/mol. The standard InChI is InChI=1S/C12H13FN2O3/c1-2-3-6-14-12(18)15-10-5-4-8(11(16)17)7-9(10)13/h2,4-5,7H,1,3,6H2,(H,16,17)(H2,14,15,18). The molecule has 1 aromatic rings. The van der Waals surface area contributed by atoms with Crippen molar-refractivity contribution in [3.05, 3.63) is 42.2 Å². The Morgan fingerprint density at radius 3 is 2.72 bits per heavy atom. The first kappa shape index (κ1) is 13.7. The Labute approximate surface area is 103 Å². The summed E-state index contributed by atoms with van der Waals surface area (Å²) in [6.07, 6.45) is 2.25. The molecule has 1 rings (SSSR count). The fourth-order valence-corrected chi connectivity index (χ4v) is 1.20. The minimum absolute atomic E-state index is 0.0731. The van der Waals surface area contributed by atoms with E-state index in [0.29, 0.717) is 13.0 Å². The number of anilines is 1. The van der Waals surface area contributed by atoms with Crippen molar-refractivity contribution in [2.24, 2.45) is 0 Å². The van der Waals surface area contributed by atoms with Gasteiger partial charge in [-0.25, -0.2) is 14.0 Å². The highest BCUT2D eigenvalue weighted by Gasteiger charge is 2.10. The normalized spacial score (nSPS) is 9.61. The molecule has 18 heavy (non-hydrogen) atoms. The Balaban J connectivity index is 2.65.